The normalized spacial score (nSPS) is 12.2. The summed E-state index contributed by atoms with van der Waals surface area (Å²) in [7, 11) is 0. The predicted octanol–water partition coefficient (Wildman–Crippen LogP) is 12.5. The molecule has 2 aromatic heterocycles. The smallest absolute Gasteiger partial charge is 0.0789 e. The molecule has 2 heterocycles. The zero-order chi connectivity index (χ0) is 31.3. The zero-order valence-corrected chi connectivity index (χ0v) is 26.1. The Labute approximate surface area is 276 Å². The highest BCUT2D eigenvalue weighted by Crippen LogP contribution is 2.44. The van der Waals surface area contributed by atoms with Crippen molar-refractivity contribution in [3.05, 3.63) is 170 Å². The Morgan fingerprint density at radius 1 is 0.271 bits per heavy atom. The van der Waals surface area contributed by atoms with Gasteiger partial charge in [-0.1, -0.05) is 133 Å². The summed E-state index contributed by atoms with van der Waals surface area (Å²) in [5, 5.41) is 15.3. The molecule has 0 N–H and O–H groups in total. The largest absolute Gasteiger partial charge is 0.307 e. The molecule has 0 aliphatic heterocycles. The third-order valence-corrected chi connectivity index (χ3v) is 10.5. The van der Waals surface area contributed by atoms with Gasteiger partial charge in [0.05, 0.1) is 22.1 Å². The second-order valence-corrected chi connectivity index (χ2v) is 12.9. The van der Waals surface area contributed by atoms with E-state index in [0.29, 0.717) is 0 Å². The quantitative estimate of drug-likeness (QED) is 0.173. The minimum absolute atomic E-state index is 1.16. The first-order valence-corrected chi connectivity index (χ1v) is 16.6. The van der Waals surface area contributed by atoms with Crippen LogP contribution in [0, 0.1) is 0 Å². The molecule has 0 radical (unpaired) electrons. The van der Waals surface area contributed by atoms with E-state index in [9.17, 15) is 0 Å². The van der Waals surface area contributed by atoms with Crippen molar-refractivity contribution in [3.63, 3.8) is 0 Å². The maximum atomic E-state index is 2.51. The van der Waals surface area contributed by atoms with Crippen LogP contribution in [0.5, 0.6) is 0 Å². The molecule has 9 aromatic carbocycles. The lowest BCUT2D eigenvalue weighted by Gasteiger charge is -2.15. The zero-order valence-electron chi connectivity index (χ0n) is 26.1. The SMILES string of the molecule is c1ccc(-n2c3ccc4ccccc4c3c3ccc4c5ccccc5n(-c5ccc6c7ccccc7c7ccccc7c6c5)c4c32)cc1. The van der Waals surface area contributed by atoms with Gasteiger partial charge in [-0.2, -0.15) is 0 Å². The second kappa shape index (κ2) is 9.57. The van der Waals surface area contributed by atoms with Crippen molar-refractivity contribution in [1.82, 2.24) is 9.13 Å². The van der Waals surface area contributed by atoms with Crippen LogP contribution in [0.4, 0.5) is 0 Å². The fourth-order valence-electron chi connectivity index (χ4n) is 8.47. The van der Waals surface area contributed by atoms with Crippen LogP contribution < -0.4 is 0 Å². The molecule has 0 atom stereocenters. The van der Waals surface area contributed by atoms with Gasteiger partial charge in [-0.25, -0.2) is 0 Å². The van der Waals surface area contributed by atoms with Crippen molar-refractivity contribution in [3.8, 4) is 11.4 Å². The molecule has 0 spiro atoms. The molecule has 0 aliphatic carbocycles. The molecule has 2 nitrogen and oxygen atoms in total. The number of aromatic nitrogens is 2. The number of hydrogen-bond donors (Lipinski definition) is 0. The van der Waals surface area contributed by atoms with Crippen molar-refractivity contribution in [2.24, 2.45) is 0 Å². The summed E-state index contributed by atoms with van der Waals surface area (Å²) in [6, 6.07) is 62.5. The van der Waals surface area contributed by atoms with Crippen LogP contribution in [0.3, 0.4) is 0 Å². The Bertz CT molecular complexity index is 3070. The van der Waals surface area contributed by atoms with E-state index in [2.05, 4.69) is 179 Å². The van der Waals surface area contributed by atoms with Gasteiger partial charge in [-0.15, -0.1) is 0 Å². The maximum Gasteiger partial charge on any atom is 0.0789 e. The molecule has 0 unspecified atom stereocenters. The van der Waals surface area contributed by atoms with Crippen molar-refractivity contribution >= 4 is 86.7 Å². The number of benzene rings is 9. The van der Waals surface area contributed by atoms with Gasteiger partial charge in [0.15, 0.2) is 0 Å². The molecular weight excluding hydrogens is 581 g/mol. The molecule has 0 fully saturated rings. The van der Waals surface area contributed by atoms with Crippen LogP contribution >= 0.6 is 0 Å². The monoisotopic (exact) mass is 608 g/mol. The predicted molar refractivity (Wildman–Crippen MR) is 205 cm³/mol. The van der Waals surface area contributed by atoms with Gasteiger partial charge in [-0.3, -0.25) is 0 Å². The minimum atomic E-state index is 1.16. The summed E-state index contributed by atoms with van der Waals surface area (Å²) < 4.78 is 5.00. The molecule has 0 amide bonds. The van der Waals surface area contributed by atoms with Crippen molar-refractivity contribution < 1.29 is 0 Å². The molecular formula is C46H28N2. The number of hydrogen-bond acceptors (Lipinski definition) is 0. The lowest BCUT2D eigenvalue weighted by atomic mass is 9.94. The summed E-state index contributed by atoms with van der Waals surface area (Å²) in [5.41, 5.74) is 7.20. The molecule has 0 bridgehead atoms. The van der Waals surface area contributed by atoms with E-state index in [-0.39, 0.29) is 0 Å². The van der Waals surface area contributed by atoms with Gasteiger partial charge in [0.2, 0.25) is 0 Å². The fourth-order valence-corrected chi connectivity index (χ4v) is 8.47. The van der Waals surface area contributed by atoms with Crippen LogP contribution in [0.1, 0.15) is 0 Å². The maximum absolute atomic E-state index is 2.51. The van der Waals surface area contributed by atoms with Gasteiger partial charge in [0.1, 0.15) is 0 Å². The topological polar surface area (TPSA) is 9.86 Å². The summed E-state index contributed by atoms with van der Waals surface area (Å²) in [6.45, 7) is 0. The number of rotatable bonds is 2. The van der Waals surface area contributed by atoms with Crippen LogP contribution in [0.25, 0.3) is 98.1 Å². The van der Waals surface area contributed by atoms with E-state index in [1.54, 1.807) is 0 Å². The molecule has 0 aliphatic rings. The standard InChI is InChI=1S/C46H28N2/c1-2-13-30(14-3-1)47-43-27-22-29-12-4-5-15-32(29)44(43)40-26-25-39-38-20-10-11-21-42(38)48(45(39)46(40)47)31-23-24-37-35-18-7-6-16-33(35)34-17-8-9-19-36(34)41(37)28-31/h1-28H. The average molecular weight is 609 g/mol. The van der Waals surface area contributed by atoms with Gasteiger partial charge < -0.3 is 9.13 Å². The molecule has 222 valence electrons. The summed E-state index contributed by atoms with van der Waals surface area (Å²) in [5.74, 6) is 0. The van der Waals surface area contributed by atoms with E-state index >= 15 is 0 Å². The molecule has 11 aromatic rings. The van der Waals surface area contributed by atoms with Crippen LogP contribution in [-0.2, 0) is 0 Å². The molecule has 11 rings (SSSR count). The fraction of sp³-hybridized carbons (Fsp3) is 0. The highest BCUT2D eigenvalue weighted by Gasteiger charge is 2.22. The Morgan fingerprint density at radius 2 is 0.792 bits per heavy atom. The van der Waals surface area contributed by atoms with Crippen LogP contribution in [-0.4, -0.2) is 9.13 Å². The first kappa shape index (κ1) is 25.8. The summed E-state index contributed by atoms with van der Waals surface area (Å²) >= 11 is 0. The first-order valence-electron chi connectivity index (χ1n) is 16.6. The Kier molecular flexibility index (Phi) is 5.14. The number of nitrogens with zero attached hydrogens (tertiary/aromatic N) is 2. The third kappa shape index (κ3) is 3.36. The minimum Gasteiger partial charge on any atom is -0.307 e. The number of para-hydroxylation sites is 2. The van der Waals surface area contributed by atoms with Crippen molar-refractivity contribution in [2.75, 3.05) is 0 Å². The third-order valence-electron chi connectivity index (χ3n) is 10.5. The van der Waals surface area contributed by atoms with E-state index in [1.807, 2.05) is 0 Å². The average Bonchev–Trinajstić information content (AvgIpc) is 3.68. The van der Waals surface area contributed by atoms with Gasteiger partial charge in [0.25, 0.3) is 0 Å². The lowest BCUT2D eigenvalue weighted by Crippen LogP contribution is -1.99. The van der Waals surface area contributed by atoms with Crippen molar-refractivity contribution in [1.29, 1.82) is 0 Å². The molecule has 0 saturated carbocycles. The highest BCUT2D eigenvalue weighted by molar-refractivity contribution is 6.29. The highest BCUT2D eigenvalue weighted by atomic mass is 15.0. The summed E-state index contributed by atoms with van der Waals surface area (Å²) in [4.78, 5) is 0. The molecule has 48 heavy (non-hydrogen) atoms. The van der Waals surface area contributed by atoms with E-state index in [0.717, 1.165) is 11.4 Å². The second-order valence-electron chi connectivity index (χ2n) is 12.9. The summed E-state index contributed by atoms with van der Waals surface area (Å²) in [6.07, 6.45) is 0. The van der Waals surface area contributed by atoms with E-state index < -0.39 is 0 Å². The van der Waals surface area contributed by atoms with Crippen molar-refractivity contribution in [2.45, 2.75) is 0 Å². The van der Waals surface area contributed by atoms with Gasteiger partial charge in [-0.05, 0) is 79.5 Å². The lowest BCUT2D eigenvalue weighted by molar-refractivity contribution is 1.15. The Morgan fingerprint density at radius 3 is 1.54 bits per heavy atom. The number of fused-ring (bicyclic) bond motifs is 15. The Hall–Kier alpha value is -6.38. The van der Waals surface area contributed by atoms with Crippen LogP contribution in [0.15, 0.2) is 170 Å². The Balaban J connectivity index is 1.36. The van der Waals surface area contributed by atoms with Gasteiger partial charge >= 0.3 is 0 Å². The first-order chi connectivity index (χ1) is 23.8. The molecule has 2 heteroatoms. The van der Waals surface area contributed by atoms with Crippen LogP contribution in [0.2, 0.25) is 0 Å². The van der Waals surface area contributed by atoms with E-state index in [1.165, 1.54) is 86.7 Å². The molecule has 0 saturated heterocycles. The van der Waals surface area contributed by atoms with E-state index in [4.69, 9.17) is 0 Å². The van der Waals surface area contributed by atoms with Gasteiger partial charge in [0, 0.05) is 32.9 Å².